The standard InChI is InChI=1S/C96H133N17O19/c1-58-16-12-11-13-17-59(2)76(124-7)50-70-24-19-63(6)96(123,132-70)88(119)91(120)112-31-15-14-18-73(112)92(121)129-78(51-77(125-8)60(3)45-62(5)86(118)87(127-10)85(117)61(4)44-58)71(97)47-64-21-25-75(79(48-64)126-9)131-95(122)102-54-66-52-100-94(101-53-66)110-39-37-109(38-40-110)82(116)30-42-128-43-41-107-33-35-108(36-34-107)80(114)27-28-81(115)111-32-29-67-46-65(20-22-69(67)56-111)55-113-90-83(89(98)103-57-104-90)84(106-113)68-23-26-74-72(49-68)105-93(99)130-74/h11-13,16-17,20,22-23,26,45-46,49,52-53,57-58,60-61,63-64,70-71,73,75-79,86-87,118,123H,14-15,18-19,21,24-25,27-44,47-48,50-51,54-56,97H2,1-10H3,(H2,99,105)(H,102,122)(H2,98,103,104)/b13-11+,16-12+,59-17+,62-45+/t58-,60-,61-,63-,64+,70+,71-,73+,75-,76+,77-,78+,79-,86-,87+,96-/m1/s1. The van der Waals surface area contributed by atoms with Crippen LogP contribution in [0.4, 0.5) is 22.6 Å². The number of alkyl carbamates (subject to hydrolysis) is 1. The Morgan fingerprint density at radius 2 is 1.44 bits per heavy atom. The number of nitrogens with two attached hydrogens (primary N) is 3. The molecule has 10 heterocycles. The van der Waals surface area contributed by atoms with Crippen LogP contribution in [0.25, 0.3) is 33.4 Å². The van der Waals surface area contributed by atoms with Crippen LogP contribution in [-0.2, 0) is 97.5 Å². The van der Waals surface area contributed by atoms with Crippen molar-refractivity contribution < 1.29 is 90.9 Å². The molecule has 6 aromatic rings. The van der Waals surface area contributed by atoms with E-state index in [-0.39, 0.29) is 99.6 Å². The van der Waals surface area contributed by atoms with E-state index in [1.54, 1.807) is 46.5 Å². The van der Waals surface area contributed by atoms with Gasteiger partial charge in [0.05, 0.1) is 56.0 Å². The number of fused-ring (bicyclic) bond motifs is 6. The number of esters is 1. The molecule has 0 unspecified atom stereocenters. The van der Waals surface area contributed by atoms with Crippen molar-refractivity contribution in [3.05, 3.63) is 125 Å². The summed E-state index contributed by atoms with van der Waals surface area (Å²) in [6.07, 6.45) is 14.8. The van der Waals surface area contributed by atoms with Gasteiger partial charge in [-0.3, -0.25) is 33.7 Å². The zero-order valence-corrected chi connectivity index (χ0v) is 77.8. The Kier molecular flexibility index (Phi) is 34.4. The minimum absolute atomic E-state index is 0.00347. The second-order valence-electron chi connectivity index (χ2n) is 36.6. The summed E-state index contributed by atoms with van der Waals surface area (Å²) in [7, 11) is 6.05. The van der Waals surface area contributed by atoms with Crippen LogP contribution in [0.1, 0.15) is 160 Å². The van der Waals surface area contributed by atoms with Crippen molar-refractivity contribution in [1.29, 1.82) is 0 Å². The van der Waals surface area contributed by atoms with Gasteiger partial charge in [0.25, 0.3) is 17.7 Å². The molecular weight excluding hydrogens is 1700 g/mol. The van der Waals surface area contributed by atoms with E-state index in [9.17, 15) is 48.6 Å². The highest BCUT2D eigenvalue weighted by molar-refractivity contribution is 6.39. The third-order valence-electron chi connectivity index (χ3n) is 27.4. The molecular formula is C96H133N17O19. The van der Waals surface area contributed by atoms with Crippen LogP contribution in [0.2, 0.25) is 0 Å². The third kappa shape index (κ3) is 24.7. The number of amides is 5. The number of hydrogen-bond donors (Lipinski definition) is 6. The number of carbonyl (C=O) groups excluding carboxylic acids is 8. The highest BCUT2D eigenvalue weighted by Crippen LogP contribution is 2.40. The molecule has 4 aromatic heterocycles. The summed E-state index contributed by atoms with van der Waals surface area (Å²) in [6, 6.07) is 9.80. The van der Waals surface area contributed by atoms with Gasteiger partial charge < -0.3 is 99.5 Å². The van der Waals surface area contributed by atoms with E-state index < -0.39 is 108 Å². The van der Waals surface area contributed by atoms with E-state index in [1.807, 2.05) is 107 Å². The summed E-state index contributed by atoms with van der Waals surface area (Å²) in [5.74, 6) is -6.81. The number of Topliss-reactive ketones (excluding diaryl/α,β-unsaturated/α-hetero) is 2. The Balaban J connectivity index is 0.525. The fourth-order valence-electron chi connectivity index (χ4n) is 19.5. The maximum Gasteiger partial charge on any atom is 0.407 e. The minimum atomic E-state index is -2.49. The monoisotopic (exact) mass is 1830 g/mol. The van der Waals surface area contributed by atoms with Crippen molar-refractivity contribution in [2.24, 2.45) is 35.3 Å². The smallest absolute Gasteiger partial charge is 0.407 e. The second-order valence-corrected chi connectivity index (χ2v) is 36.6. The fourth-order valence-corrected chi connectivity index (χ4v) is 19.5. The number of aliphatic hydroxyl groups excluding tert-OH is 1. The van der Waals surface area contributed by atoms with Crippen LogP contribution in [0.3, 0.4) is 0 Å². The molecule has 1 saturated carbocycles. The van der Waals surface area contributed by atoms with Gasteiger partial charge in [0.15, 0.2) is 17.0 Å². The van der Waals surface area contributed by atoms with Crippen LogP contribution in [0.15, 0.2) is 107 Å². The summed E-state index contributed by atoms with van der Waals surface area (Å²) in [5.41, 5.74) is 27.8. The maximum absolute atomic E-state index is 14.9. The molecule has 4 saturated heterocycles. The summed E-state index contributed by atoms with van der Waals surface area (Å²) in [5, 5.41) is 32.4. The molecule has 13 rings (SSSR count). The number of nitrogen functional groups attached to an aromatic ring is 2. The lowest BCUT2D eigenvalue weighted by molar-refractivity contribution is -0.265. The Bertz CT molecular complexity index is 5120. The molecule has 0 radical (unpaired) electrons. The Labute approximate surface area is 771 Å². The predicted octanol–water partition coefficient (Wildman–Crippen LogP) is 7.77. The Morgan fingerprint density at radius 1 is 0.705 bits per heavy atom. The SMILES string of the molecule is CO[C@H]1C[C@@H]2CC[C@@H](C)[C@@](O)(O2)C(=O)C(=O)N2CCCC[C@H]2C(=O)O[C@H]([C@H](N)C[C@@H]2CC[C@@H](OC(=O)NCc3cnc(N4CCN(C(=O)CCOCCN5CCN(C(=O)CCC(=O)N6CCc7cc(Cn8nc(-c9ccc%10oc(N)nc%10c9)c9c(N)ncnc98)ccc7C6)CC5)CC4)nc3)[C@H](OC)C2)C[C@@H](OC)[C@H](C)/C=C(\C)[C@@H](O)[C@@H](OC)C(=O)[C@H](C)C[C@H](C)/C=C/C=C/C=C/1C. The van der Waals surface area contributed by atoms with Gasteiger partial charge in [-0.1, -0.05) is 82.4 Å². The molecule has 36 heteroatoms. The number of aromatic nitrogens is 7. The normalized spacial score (nSPS) is 28.5. The van der Waals surface area contributed by atoms with Crippen LogP contribution in [0, 0.1) is 29.6 Å². The number of rotatable bonds is 23. The number of cyclic esters (lactones) is 1. The topological polar surface area (TPSA) is 456 Å². The zero-order chi connectivity index (χ0) is 94.0. The zero-order valence-electron chi connectivity index (χ0n) is 77.8. The maximum atomic E-state index is 14.9. The van der Waals surface area contributed by atoms with E-state index >= 15 is 0 Å². The van der Waals surface area contributed by atoms with Crippen molar-refractivity contribution in [3.8, 4) is 11.3 Å². The van der Waals surface area contributed by atoms with Gasteiger partial charge in [-0.2, -0.15) is 10.1 Å². The molecule has 2 bridgehead atoms. The highest BCUT2D eigenvalue weighted by Gasteiger charge is 2.54. The van der Waals surface area contributed by atoms with Crippen LogP contribution in [-0.4, -0.2) is 297 Å². The van der Waals surface area contributed by atoms with Gasteiger partial charge in [-0.05, 0) is 142 Å². The average Bonchev–Trinajstić information content (AvgIpc) is 1.60. The molecule has 2 aromatic carbocycles. The van der Waals surface area contributed by atoms with Crippen molar-refractivity contribution in [3.63, 3.8) is 0 Å². The van der Waals surface area contributed by atoms with Gasteiger partial charge >= 0.3 is 12.1 Å². The van der Waals surface area contributed by atoms with Crippen molar-refractivity contribution in [2.45, 2.75) is 231 Å². The Morgan fingerprint density at radius 3 is 2.17 bits per heavy atom. The average molecular weight is 1830 g/mol. The Hall–Kier alpha value is -10.5. The van der Waals surface area contributed by atoms with E-state index in [4.69, 9.17) is 64.6 Å². The quantitative estimate of drug-likeness (QED) is 0.0154. The van der Waals surface area contributed by atoms with Gasteiger partial charge in [0.1, 0.15) is 53.8 Å². The number of methoxy groups -OCH3 is 4. The molecule has 6 aliphatic heterocycles. The van der Waals surface area contributed by atoms with E-state index in [0.29, 0.717) is 200 Å². The lowest BCUT2D eigenvalue weighted by Crippen LogP contribution is -2.61. The van der Waals surface area contributed by atoms with Gasteiger partial charge in [0.2, 0.25) is 29.5 Å². The molecule has 16 atom stereocenters. The molecule has 9 N–H and O–H groups in total. The summed E-state index contributed by atoms with van der Waals surface area (Å²) >= 11 is 0. The first-order chi connectivity index (χ1) is 63.5. The molecule has 5 amide bonds. The number of piperidine rings is 1. The van der Waals surface area contributed by atoms with Crippen molar-refractivity contribution >= 4 is 87.2 Å². The summed E-state index contributed by atoms with van der Waals surface area (Å²) < 4.78 is 55.8. The molecule has 36 nitrogen and oxygen atoms in total. The van der Waals surface area contributed by atoms with Crippen LogP contribution >= 0.6 is 0 Å². The highest BCUT2D eigenvalue weighted by atomic mass is 16.6. The minimum Gasteiger partial charge on any atom is -0.459 e. The van der Waals surface area contributed by atoms with Crippen molar-refractivity contribution in [2.75, 3.05) is 130 Å². The molecule has 716 valence electrons. The molecule has 0 spiro atoms. The molecule has 7 aliphatic rings. The fraction of sp³-hybridized carbons (Fsp3) is 0.604. The van der Waals surface area contributed by atoms with Crippen LogP contribution in [0.5, 0.6) is 0 Å². The number of nitrogens with one attached hydrogen (secondary N) is 1. The first kappa shape index (κ1) is 99.0. The number of nitrogens with zero attached hydrogens (tertiary/aromatic N) is 13. The summed E-state index contributed by atoms with van der Waals surface area (Å²) in [4.78, 5) is 145. The second kappa shape index (κ2) is 45.9. The van der Waals surface area contributed by atoms with E-state index in [2.05, 4.69) is 47.3 Å². The molecule has 5 fully saturated rings. The largest absolute Gasteiger partial charge is 0.459 e. The number of hydrogen-bond acceptors (Lipinski definition) is 30. The lowest BCUT2D eigenvalue weighted by Gasteiger charge is -2.43. The van der Waals surface area contributed by atoms with E-state index in [1.165, 1.54) is 25.4 Å². The summed E-state index contributed by atoms with van der Waals surface area (Å²) in [6.45, 7) is 18.4. The number of aliphatic hydroxyl groups is 2. The first-order valence-electron chi connectivity index (χ1n) is 46.6. The van der Waals surface area contributed by atoms with E-state index in [0.717, 1.165) is 27.8 Å². The van der Waals surface area contributed by atoms with Gasteiger partial charge in [-0.25, -0.2) is 34.2 Å². The number of carbonyl (C=O) groups is 8. The molecule has 1 aliphatic carbocycles. The van der Waals surface area contributed by atoms with Gasteiger partial charge in [-0.15, -0.1) is 0 Å². The van der Waals surface area contributed by atoms with Crippen LogP contribution < -0.4 is 27.4 Å². The first-order valence-corrected chi connectivity index (χ1v) is 46.6. The number of anilines is 3. The third-order valence-corrected chi connectivity index (χ3v) is 27.4. The number of oxazole rings is 1. The lowest BCUT2D eigenvalue weighted by atomic mass is 9.80. The van der Waals surface area contributed by atoms with Gasteiger partial charge in [0, 0.05) is 187 Å². The number of ether oxygens (including phenoxy) is 8. The van der Waals surface area contributed by atoms with Crippen molar-refractivity contribution in [1.82, 2.24) is 64.5 Å². The molecule has 132 heavy (non-hydrogen) atoms. The predicted molar refractivity (Wildman–Crippen MR) is 491 cm³/mol. The number of allylic oxidation sites excluding steroid dienone is 5. The number of piperazine rings is 2. The number of benzene rings is 2. The number of ketones is 2.